The lowest BCUT2D eigenvalue weighted by atomic mass is 10.3. The summed E-state index contributed by atoms with van der Waals surface area (Å²) < 4.78 is 1.67. The maximum Gasteiger partial charge on any atom is 0.270 e. The predicted octanol–water partition coefficient (Wildman–Crippen LogP) is 1.21. The normalized spacial score (nSPS) is 10.7. The highest BCUT2D eigenvalue weighted by Crippen LogP contribution is 2.14. The standard InChI is InChI=1S/C10H7N5/c1-2-4-9-8(3-1)7-13-15(9)10-11-5-6-12-14-10/h1-7H. The molecule has 2 aromatic heterocycles. The fraction of sp³-hybridized carbons (Fsp3) is 0. The van der Waals surface area contributed by atoms with Crippen molar-refractivity contribution in [3.63, 3.8) is 0 Å². The Labute approximate surface area is 85.4 Å². The average Bonchev–Trinajstić information content (AvgIpc) is 2.74. The van der Waals surface area contributed by atoms with Crippen molar-refractivity contribution in [3.05, 3.63) is 42.9 Å². The van der Waals surface area contributed by atoms with Gasteiger partial charge in [-0.3, -0.25) is 0 Å². The molecule has 1 aromatic carbocycles. The largest absolute Gasteiger partial charge is 0.270 e. The van der Waals surface area contributed by atoms with Gasteiger partial charge in [-0.25, -0.2) is 4.98 Å². The number of hydrogen-bond donors (Lipinski definition) is 0. The van der Waals surface area contributed by atoms with Gasteiger partial charge in [0.05, 0.1) is 24.1 Å². The summed E-state index contributed by atoms with van der Waals surface area (Å²) in [4.78, 5) is 4.10. The fourth-order valence-corrected chi connectivity index (χ4v) is 1.47. The van der Waals surface area contributed by atoms with Crippen LogP contribution in [0, 0.1) is 0 Å². The molecule has 0 radical (unpaired) electrons. The summed E-state index contributed by atoms with van der Waals surface area (Å²) in [6.07, 6.45) is 4.92. The van der Waals surface area contributed by atoms with Gasteiger partial charge in [0.15, 0.2) is 0 Å². The van der Waals surface area contributed by atoms with Crippen LogP contribution in [0.25, 0.3) is 16.9 Å². The second-order valence-corrected chi connectivity index (χ2v) is 3.06. The SMILES string of the molecule is c1ccc2c(c1)cnn2-c1nccnn1. The van der Waals surface area contributed by atoms with E-state index >= 15 is 0 Å². The highest BCUT2D eigenvalue weighted by molar-refractivity contribution is 5.79. The molecular weight excluding hydrogens is 190 g/mol. The summed E-state index contributed by atoms with van der Waals surface area (Å²) in [6.45, 7) is 0. The Kier molecular flexibility index (Phi) is 1.68. The summed E-state index contributed by atoms with van der Waals surface area (Å²) >= 11 is 0. The third-order valence-corrected chi connectivity index (χ3v) is 2.14. The van der Waals surface area contributed by atoms with E-state index in [4.69, 9.17) is 0 Å². The number of para-hydroxylation sites is 1. The number of aromatic nitrogens is 5. The molecule has 5 heteroatoms. The van der Waals surface area contributed by atoms with Crippen LogP contribution in [0.3, 0.4) is 0 Å². The van der Waals surface area contributed by atoms with E-state index in [0.717, 1.165) is 10.9 Å². The third-order valence-electron chi connectivity index (χ3n) is 2.14. The predicted molar refractivity (Wildman–Crippen MR) is 54.5 cm³/mol. The van der Waals surface area contributed by atoms with E-state index in [1.807, 2.05) is 24.3 Å². The summed E-state index contributed by atoms with van der Waals surface area (Å²) in [5.74, 6) is 0.485. The molecule has 72 valence electrons. The molecule has 0 N–H and O–H groups in total. The van der Waals surface area contributed by atoms with E-state index in [0.29, 0.717) is 5.95 Å². The van der Waals surface area contributed by atoms with Gasteiger partial charge in [-0.05, 0) is 6.07 Å². The van der Waals surface area contributed by atoms with Crippen molar-refractivity contribution >= 4 is 10.9 Å². The van der Waals surface area contributed by atoms with Gasteiger partial charge in [0, 0.05) is 5.39 Å². The Morgan fingerprint density at radius 1 is 1.07 bits per heavy atom. The Morgan fingerprint density at radius 2 is 2.00 bits per heavy atom. The lowest BCUT2D eigenvalue weighted by molar-refractivity contribution is 0.792. The molecule has 5 nitrogen and oxygen atoms in total. The molecule has 0 saturated carbocycles. The molecule has 0 atom stereocenters. The number of rotatable bonds is 1. The zero-order valence-electron chi connectivity index (χ0n) is 7.78. The summed E-state index contributed by atoms with van der Waals surface area (Å²) in [5.41, 5.74) is 0.977. The Balaban J connectivity index is 2.28. The van der Waals surface area contributed by atoms with Crippen LogP contribution < -0.4 is 0 Å². The second-order valence-electron chi connectivity index (χ2n) is 3.06. The van der Waals surface area contributed by atoms with Gasteiger partial charge in [0.1, 0.15) is 0 Å². The van der Waals surface area contributed by atoms with Crippen molar-refractivity contribution in [2.75, 3.05) is 0 Å². The first-order valence-electron chi connectivity index (χ1n) is 4.52. The zero-order valence-corrected chi connectivity index (χ0v) is 7.78. The van der Waals surface area contributed by atoms with Gasteiger partial charge in [0.25, 0.3) is 5.95 Å². The molecule has 0 saturated heterocycles. The minimum atomic E-state index is 0.485. The van der Waals surface area contributed by atoms with E-state index in [2.05, 4.69) is 20.3 Å². The van der Waals surface area contributed by atoms with E-state index in [1.165, 1.54) is 6.20 Å². The minimum Gasteiger partial charge on any atom is -0.217 e. The van der Waals surface area contributed by atoms with Gasteiger partial charge < -0.3 is 0 Å². The van der Waals surface area contributed by atoms with Crippen LogP contribution in [0.15, 0.2) is 42.9 Å². The quantitative estimate of drug-likeness (QED) is 0.588. The molecule has 0 fully saturated rings. The molecule has 0 aliphatic heterocycles. The van der Waals surface area contributed by atoms with Crippen LogP contribution in [0.2, 0.25) is 0 Å². The maximum absolute atomic E-state index is 4.22. The van der Waals surface area contributed by atoms with Crippen LogP contribution in [0.1, 0.15) is 0 Å². The van der Waals surface area contributed by atoms with Crippen LogP contribution >= 0.6 is 0 Å². The third kappa shape index (κ3) is 1.25. The van der Waals surface area contributed by atoms with E-state index in [-0.39, 0.29) is 0 Å². The smallest absolute Gasteiger partial charge is 0.217 e. The van der Waals surface area contributed by atoms with Gasteiger partial charge in [-0.2, -0.15) is 14.9 Å². The van der Waals surface area contributed by atoms with Crippen molar-refractivity contribution < 1.29 is 0 Å². The van der Waals surface area contributed by atoms with Gasteiger partial charge in [-0.1, -0.05) is 18.2 Å². The van der Waals surface area contributed by atoms with E-state index < -0.39 is 0 Å². The molecule has 0 amide bonds. The zero-order chi connectivity index (χ0) is 10.1. The first-order valence-corrected chi connectivity index (χ1v) is 4.52. The first kappa shape index (κ1) is 8.05. The van der Waals surface area contributed by atoms with Crippen LogP contribution in [0.4, 0.5) is 0 Å². The minimum absolute atomic E-state index is 0.485. The molecule has 0 unspecified atom stereocenters. The van der Waals surface area contributed by atoms with Gasteiger partial charge >= 0.3 is 0 Å². The molecule has 2 heterocycles. The highest BCUT2D eigenvalue weighted by atomic mass is 15.4. The lowest BCUT2D eigenvalue weighted by Gasteiger charge is -1.98. The van der Waals surface area contributed by atoms with Crippen molar-refractivity contribution in [2.24, 2.45) is 0 Å². The molecule has 3 aromatic rings. The Bertz CT molecular complexity index is 587. The van der Waals surface area contributed by atoms with Crippen LogP contribution in [-0.2, 0) is 0 Å². The lowest BCUT2D eigenvalue weighted by Crippen LogP contribution is -2.02. The fourth-order valence-electron chi connectivity index (χ4n) is 1.47. The summed E-state index contributed by atoms with van der Waals surface area (Å²) in [7, 11) is 0. The van der Waals surface area contributed by atoms with Crippen LogP contribution in [0.5, 0.6) is 0 Å². The molecular formula is C10H7N5. The van der Waals surface area contributed by atoms with Gasteiger partial charge in [-0.15, -0.1) is 5.10 Å². The second kappa shape index (κ2) is 3.13. The molecule has 0 aliphatic carbocycles. The highest BCUT2D eigenvalue weighted by Gasteiger charge is 2.05. The monoisotopic (exact) mass is 197 g/mol. The molecule has 3 rings (SSSR count). The number of benzene rings is 1. The van der Waals surface area contributed by atoms with Crippen molar-refractivity contribution in [1.29, 1.82) is 0 Å². The number of fused-ring (bicyclic) bond motifs is 1. The van der Waals surface area contributed by atoms with Crippen molar-refractivity contribution in [3.8, 4) is 5.95 Å². The summed E-state index contributed by atoms with van der Waals surface area (Å²) in [5, 5.41) is 13.0. The Hall–Kier alpha value is -2.30. The van der Waals surface area contributed by atoms with Crippen molar-refractivity contribution in [2.45, 2.75) is 0 Å². The topological polar surface area (TPSA) is 56.5 Å². The number of hydrogen-bond acceptors (Lipinski definition) is 4. The van der Waals surface area contributed by atoms with Crippen molar-refractivity contribution in [1.82, 2.24) is 25.0 Å². The van der Waals surface area contributed by atoms with E-state index in [9.17, 15) is 0 Å². The summed E-state index contributed by atoms with van der Waals surface area (Å²) in [6, 6.07) is 7.89. The maximum atomic E-state index is 4.22. The molecule has 15 heavy (non-hydrogen) atoms. The number of nitrogens with zero attached hydrogens (tertiary/aromatic N) is 5. The van der Waals surface area contributed by atoms with Gasteiger partial charge in [0.2, 0.25) is 0 Å². The Morgan fingerprint density at radius 3 is 2.87 bits per heavy atom. The molecule has 0 spiro atoms. The molecule has 0 aliphatic rings. The van der Waals surface area contributed by atoms with Crippen LogP contribution in [-0.4, -0.2) is 25.0 Å². The van der Waals surface area contributed by atoms with E-state index in [1.54, 1.807) is 17.1 Å². The molecule has 0 bridgehead atoms. The average molecular weight is 197 g/mol. The first-order chi connectivity index (χ1) is 7.45.